The summed E-state index contributed by atoms with van der Waals surface area (Å²) in [6, 6.07) is 5.94. The number of amides is 1. The highest BCUT2D eigenvalue weighted by Gasteiger charge is 2.20. The molecule has 4 nitrogen and oxygen atoms in total. The predicted octanol–water partition coefficient (Wildman–Crippen LogP) is 2.94. The number of aromatic nitrogens is 1. The third-order valence-corrected chi connectivity index (χ3v) is 4.26. The van der Waals surface area contributed by atoms with Crippen molar-refractivity contribution in [3.63, 3.8) is 0 Å². The minimum absolute atomic E-state index is 0. The second-order valence-corrected chi connectivity index (χ2v) is 5.89. The van der Waals surface area contributed by atoms with Crippen molar-refractivity contribution in [2.45, 2.75) is 13.0 Å². The Morgan fingerprint density at radius 3 is 2.95 bits per heavy atom. The first kappa shape index (κ1) is 15.9. The first-order valence-electron chi connectivity index (χ1n) is 6.36. The van der Waals surface area contributed by atoms with Crippen molar-refractivity contribution in [3.05, 3.63) is 46.2 Å². The first-order valence-corrected chi connectivity index (χ1v) is 7.18. The lowest BCUT2D eigenvalue weighted by Crippen LogP contribution is -2.25. The summed E-state index contributed by atoms with van der Waals surface area (Å²) in [6.45, 7) is 1.82. The topological polar surface area (TPSA) is 45.2 Å². The number of nitrogens with zero attached hydrogens (tertiary/aromatic N) is 2. The van der Waals surface area contributed by atoms with Gasteiger partial charge in [-0.3, -0.25) is 10.1 Å². The maximum atomic E-state index is 13.5. The van der Waals surface area contributed by atoms with E-state index < -0.39 is 11.7 Å². The van der Waals surface area contributed by atoms with Gasteiger partial charge in [-0.2, -0.15) is 0 Å². The monoisotopic (exact) mass is 327 g/mol. The SMILES string of the molecule is CN1CCc2nc(NC(=O)c3ccccc3F)sc2C1.Cl. The molecular weight excluding hydrogens is 313 g/mol. The molecule has 0 bridgehead atoms. The number of rotatable bonds is 2. The third-order valence-electron chi connectivity index (χ3n) is 3.26. The summed E-state index contributed by atoms with van der Waals surface area (Å²) in [4.78, 5) is 19.8. The number of likely N-dealkylation sites (N-methyl/N-ethyl adjacent to an activating group) is 1. The van der Waals surface area contributed by atoms with Crippen LogP contribution in [0.1, 0.15) is 20.9 Å². The summed E-state index contributed by atoms with van der Waals surface area (Å²) in [7, 11) is 2.06. The average Bonchev–Trinajstić information content (AvgIpc) is 2.80. The van der Waals surface area contributed by atoms with Gasteiger partial charge < -0.3 is 4.90 Å². The van der Waals surface area contributed by atoms with Gasteiger partial charge in [0.05, 0.1) is 11.3 Å². The molecule has 1 aromatic heterocycles. The molecule has 1 aromatic carbocycles. The van der Waals surface area contributed by atoms with Gasteiger partial charge in [0.1, 0.15) is 5.82 Å². The molecule has 21 heavy (non-hydrogen) atoms. The summed E-state index contributed by atoms with van der Waals surface area (Å²) < 4.78 is 13.5. The Morgan fingerprint density at radius 2 is 2.19 bits per heavy atom. The normalized spacial score (nSPS) is 14.2. The molecule has 3 rings (SSSR count). The zero-order valence-electron chi connectivity index (χ0n) is 11.4. The van der Waals surface area contributed by atoms with Crippen LogP contribution in [0.4, 0.5) is 9.52 Å². The molecule has 0 fully saturated rings. The van der Waals surface area contributed by atoms with Crippen LogP contribution in [0, 0.1) is 5.82 Å². The van der Waals surface area contributed by atoms with E-state index in [2.05, 4.69) is 22.2 Å². The third kappa shape index (κ3) is 3.40. The highest BCUT2D eigenvalue weighted by Crippen LogP contribution is 2.28. The van der Waals surface area contributed by atoms with Crippen LogP contribution in [0.15, 0.2) is 24.3 Å². The Labute approximate surface area is 132 Å². The van der Waals surface area contributed by atoms with Crippen LogP contribution < -0.4 is 5.32 Å². The highest BCUT2D eigenvalue weighted by atomic mass is 35.5. The number of thiazole rings is 1. The number of carbonyl (C=O) groups excluding carboxylic acids is 1. The van der Waals surface area contributed by atoms with Crippen molar-refractivity contribution in [2.24, 2.45) is 0 Å². The molecule has 0 spiro atoms. The van der Waals surface area contributed by atoms with Crippen LogP contribution >= 0.6 is 23.7 Å². The molecule has 1 N–H and O–H groups in total. The van der Waals surface area contributed by atoms with Crippen molar-refractivity contribution in [3.8, 4) is 0 Å². The standard InChI is InChI=1S/C14H14FN3OS.ClH/c1-18-7-6-11-12(8-18)20-14(16-11)17-13(19)9-4-2-3-5-10(9)15;/h2-5H,6-8H2,1H3,(H,16,17,19);1H. The molecule has 0 radical (unpaired) electrons. The predicted molar refractivity (Wildman–Crippen MR) is 83.8 cm³/mol. The van der Waals surface area contributed by atoms with Crippen LogP contribution in [0.2, 0.25) is 0 Å². The number of benzene rings is 1. The number of fused-ring (bicyclic) bond motifs is 1. The molecule has 1 aliphatic rings. The number of nitrogens with one attached hydrogen (secondary N) is 1. The largest absolute Gasteiger partial charge is 0.301 e. The van der Waals surface area contributed by atoms with Gasteiger partial charge in [0.15, 0.2) is 5.13 Å². The second-order valence-electron chi connectivity index (χ2n) is 4.81. The Kier molecular flexibility index (Phi) is 4.92. The summed E-state index contributed by atoms with van der Waals surface area (Å²) in [6.07, 6.45) is 0.887. The number of hydrogen-bond donors (Lipinski definition) is 1. The summed E-state index contributed by atoms with van der Waals surface area (Å²) >= 11 is 1.46. The Hall–Kier alpha value is -1.50. The smallest absolute Gasteiger partial charge is 0.260 e. The van der Waals surface area contributed by atoms with E-state index in [1.165, 1.54) is 28.3 Å². The second kappa shape index (κ2) is 6.51. The molecule has 0 atom stereocenters. The maximum absolute atomic E-state index is 13.5. The van der Waals surface area contributed by atoms with Gasteiger partial charge in [-0.05, 0) is 19.2 Å². The molecule has 0 saturated heterocycles. The van der Waals surface area contributed by atoms with E-state index in [-0.39, 0.29) is 18.0 Å². The van der Waals surface area contributed by atoms with E-state index >= 15 is 0 Å². The molecular formula is C14H15ClFN3OS. The van der Waals surface area contributed by atoms with Crippen molar-refractivity contribution in [1.82, 2.24) is 9.88 Å². The van der Waals surface area contributed by atoms with Gasteiger partial charge in [-0.25, -0.2) is 9.37 Å². The Morgan fingerprint density at radius 1 is 1.43 bits per heavy atom. The number of hydrogen-bond acceptors (Lipinski definition) is 4. The Bertz CT molecular complexity index is 661. The quantitative estimate of drug-likeness (QED) is 0.922. The van der Waals surface area contributed by atoms with E-state index in [9.17, 15) is 9.18 Å². The number of halogens is 2. The van der Waals surface area contributed by atoms with Crippen LogP contribution in [0.3, 0.4) is 0 Å². The fourth-order valence-corrected chi connectivity index (χ4v) is 3.27. The van der Waals surface area contributed by atoms with Crippen LogP contribution in [0.5, 0.6) is 0 Å². The van der Waals surface area contributed by atoms with Crippen LogP contribution in [-0.4, -0.2) is 29.4 Å². The average molecular weight is 328 g/mol. The molecule has 1 aliphatic heterocycles. The molecule has 1 amide bonds. The lowest BCUT2D eigenvalue weighted by Gasteiger charge is -2.20. The summed E-state index contributed by atoms with van der Waals surface area (Å²) in [5.41, 5.74) is 1.08. The molecule has 7 heteroatoms. The highest BCUT2D eigenvalue weighted by molar-refractivity contribution is 7.15. The molecule has 2 heterocycles. The van der Waals surface area contributed by atoms with Crippen molar-refractivity contribution >= 4 is 34.8 Å². The lowest BCUT2D eigenvalue weighted by molar-refractivity contribution is 0.102. The lowest BCUT2D eigenvalue weighted by atomic mass is 10.2. The van der Waals surface area contributed by atoms with E-state index in [4.69, 9.17) is 0 Å². The van der Waals surface area contributed by atoms with Crippen molar-refractivity contribution in [2.75, 3.05) is 18.9 Å². The zero-order chi connectivity index (χ0) is 14.1. The first-order chi connectivity index (χ1) is 9.63. The zero-order valence-corrected chi connectivity index (χ0v) is 13.1. The van der Waals surface area contributed by atoms with Crippen molar-refractivity contribution in [1.29, 1.82) is 0 Å². The summed E-state index contributed by atoms with van der Waals surface area (Å²) in [5, 5.41) is 3.22. The van der Waals surface area contributed by atoms with E-state index in [1.54, 1.807) is 12.1 Å². The molecule has 0 unspecified atom stereocenters. The van der Waals surface area contributed by atoms with Gasteiger partial charge in [-0.15, -0.1) is 23.7 Å². The summed E-state index contributed by atoms with van der Waals surface area (Å²) in [5.74, 6) is -0.978. The van der Waals surface area contributed by atoms with Crippen LogP contribution in [0.25, 0.3) is 0 Å². The number of carbonyl (C=O) groups is 1. The van der Waals surface area contributed by atoms with E-state index in [0.29, 0.717) is 5.13 Å². The van der Waals surface area contributed by atoms with Gasteiger partial charge in [0.2, 0.25) is 0 Å². The minimum atomic E-state index is -0.522. The van der Waals surface area contributed by atoms with E-state index in [1.807, 2.05) is 0 Å². The van der Waals surface area contributed by atoms with Gasteiger partial charge in [0.25, 0.3) is 5.91 Å². The fraction of sp³-hybridized carbons (Fsp3) is 0.286. The molecule has 2 aromatic rings. The molecule has 0 saturated carbocycles. The molecule has 0 aliphatic carbocycles. The maximum Gasteiger partial charge on any atom is 0.260 e. The van der Waals surface area contributed by atoms with Gasteiger partial charge in [0, 0.05) is 24.4 Å². The van der Waals surface area contributed by atoms with Crippen molar-refractivity contribution < 1.29 is 9.18 Å². The van der Waals surface area contributed by atoms with Gasteiger partial charge >= 0.3 is 0 Å². The minimum Gasteiger partial charge on any atom is -0.301 e. The number of anilines is 1. The van der Waals surface area contributed by atoms with Gasteiger partial charge in [-0.1, -0.05) is 12.1 Å². The Balaban J connectivity index is 0.00000161. The fourth-order valence-electron chi connectivity index (χ4n) is 2.19. The molecule has 112 valence electrons. The van der Waals surface area contributed by atoms with Crippen LogP contribution in [-0.2, 0) is 13.0 Å². The van der Waals surface area contributed by atoms with E-state index in [0.717, 1.165) is 25.2 Å².